The molecular weight excluding hydrogens is 398 g/mol. The molecule has 1 spiro atoms. The summed E-state index contributed by atoms with van der Waals surface area (Å²) in [5.41, 5.74) is 3.11. The number of nitriles is 1. The van der Waals surface area contributed by atoms with Crippen molar-refractivity contribution < 1.29 is 4.74 Å². The number of hydrogen-bond acceptors (Lipinski definition) is 5. The number of rotatable bonds is 6. The van der Waals surface area contributed by atoms with E-state index in [2.05, 4.69) is 40.2 Å². The summed E-state index contributed by atoms with van der Waals surface area (Å²) >= 11 is 0. The van der Waals surface area contributed by atoms with Crippen LogP contribution in [0.25, 0.3) is 0 Å². The van der Waals surface area contributed by atoms with Crippen LogP contribution in [0.5, 0.6) is 0 Å². The van der Waals surface area contributed by atoms with Crippen molar-refractivity contribution in [1.29, 1.82) is 5.26 Å². The Morgan fingerprint density at radius 1 is 1.25 bits per heavy atom. The van der Waals surface area contributed by atoms with Crippen molar-refractivity contribution >= 4 is 0 Å². The molecule has 3 atom stereocenters. The third kappa shape index (κ3) is 3.86. The first kappa shape index (κ1) is 21.6. The van der Waals surface area contributed by atoms with Gasteiger partial charge in [0.15, 0.2) is 0 Å². The molecule has 1 aliphatic carbocycles. The van der Waals surface area contributed by atoms with E-state index in [9.17, 15) is 5.26 Å². The average Bonchev–Trinajstić information content (AvgIpc) is 3.47. The quantitative estimate of drug-likeness (QED) is 0.695. The van der Waals surface area contributed by atoms with Crippen molar-refractivity contribution in [1.82, 2.24) is 20.1 Å². The number of ether oxygens (including phenoxy) is 1. The molecule has 170 valence electrons. The summed E-state index contributed by atoms with van der Waals surface area (Å²) in [6.45, 7) is 3.93. The van der Waals surface area contributed by atoms with Gasteiger partial charge in [0.25, 0.3) is 0 Å². The number of pyridine rings is 1. The summed E-state index contributed by atoms with van der Waals surface area (Å²) in [6.07, 6.45) is 15.0. The van der Waals surface area contributed by atoms with Crippen LogP contribution in [-0.4, -0.2) is 33.5 Å². The maximum Gasteiger partial charge on any atom is 0.103 e. The highest BCUT2D eigenvalue weighted by molar-refractivity contribution is 5.35. The molecule has 2 aliphatic heterocycles. The standard InChI is InChI=1S/C26H35N5O/c1-2-21-8-9-22(24-20(17-27)18-30-31(21)24)28-15-12-25(23-7-3-6-14-29-23)13-16-32-26(19-25)10-4-5-11-26/h3,6-7,14,18,21-22,28H,2,4-5,8-13,15-16,19H2,1H3/t21?,22?,25-/m1/s1. The van der Waals surface area contributed by atoms with E-state index in [1.807, 2.05) is 12.3 Å². The van der Waals surface area contributed by atoms with Crippen LogP contribution in [0.4, 0.5) is 0 Å². The Morgan fingerprint density at radius 3 is 2.88 bits per heavy atom. The minimum atomic E-state index is 0.0432. The number of hydrogen-bond donors (Lipinski definition) is 1. The average molecular weight is 434 g/mol. The topological polar surface area (TPSA) is 75.8 Å². The Balaban J connectivity index is 1.35. The number of nitrogens with zero attached hydrogens (tertiary/aromatic N) is 4. The summed E-state index contributed by atoms with van der Waals surface area (Å²) in [5.74, 6) is 0. The lowest BCUT2D eigenvalue weighted by atomic mass is 9.68. The first-order valence-electron chi connectivity index (χ1n) is 12.4. The van der Waals surface area contributed by atoms with Crippen LogP contribution in [0.3, 0.4) is 0 Å². The second-order valence-electron chi connectivity index (χ2n) is 10.1. The van der Waals surface area contributed by atoms with Gasteiger partial charge in [0.2, 0.25) is 0 Å². The lowest BCUT2D eigenvalue weighted by Gasteiger charge is -2.46. The Morgan fingerprint density at radius 2 is 2.12 bits per heavy atom. The predicted molar refractivity (Wildman–Crippen MR) is 123 cm³/mol. The molecular formula is C26H35N5O. The smallest absolute Gasteiger partial charge is 0.103 e. The van der Waals surface area contributed by atoms with Gasteiger partial charge < -0.3 is 10.1 Å². The summed E-state index contributed by atoms with van der Waals surface area (Å²) in [5, 5.41) is 18.0. The molecule has 1 saturated heterocycles. The van der Waals surface area contributed by atoms with E-state index in [4.69, 9.17) is 9.72 Å². The van der Waals surface area contributed by atoms with Gasteiger partial charge in [0.1, 0.15) is 6.07 Å². The monoisotopic (exact) mass is 433 g/mol. The molecule has 0 aromatic carbocycles. The largest absolute Gasteiger partial charge is 0.375 e. The molecule has 0 radical (unpaired) electrons. The third-order valence-corrected chi connectivity index (χ3v) is 8.26. The minimum Gasteiger partial charge on any atom is -0.375 e. The Kier molecular flexibility index (Phi) is 6.05. The summed E-state index contributed by atoms with van der Waals surface area (Å²) in [6, 6.07) is 9.31. The first-order chi connectivity index (χ1) is 15.7. The highest BCUT2D eigenvalue weighted by atomic mass is 16.5. The molecule has 5 rings (SSSR count). The van der Waals surface area contributed by atoms with Gasteiger partial charge in [-0.2, -0.15) is 10.4 Å². The Labute approximate surface area is 191 Å². The second-order valence-corrected chi connectivity index (χ2v) is 10.1. The first-order valence-corrected chi connectivity index (χ1v) is 12.4. The van der Waals surface area contributed by atoms with E-state index in [-0.39, 0.29) is 17.1 Å². The number of nitrogens with one attached hydrogen (secondary N) is 1. The molecule has 4 heterocycles. The number of aromatic nitrogens is 3. The third-order valence-electron chi connectivity index (χ3n) is 8.26. The van der Waals surface area contributed by atoms with Crippen molar-refractivity contribution in [2.75, 3.05) is 13.2 Å². The maximum absolute atomic E-state index is 9.64. The normalized spacial score (nSPS) is 29.0. The van der Waals surface area contributed by atoms with Crippen LogP contribution in [0.1, 0.15) is 100 Å². The summed E-state index contributed by atoms with van der Waals surface area (Å²) in [4.78, 5) is 4.83. The summed E-state index contributed by atoms with van der Waals surface area (Å²) < 4.78 is 8.50. The van der Waals surface area contributed by atoms with Crippen molar-refractivity contribution in [2.24, 2.45) is 0 Å². The fourth-order valence-electron chi connectivity index (χ4n) is 6.57. The van der Waals surface area contributed by atoms with Crippen LogP contribution in [0, 0.1) is 11.3 Å². The molecule has 1 saturated carbocycles. The molecule has 0 amide bonds. The van der Waals surface area contributed by atoms with Gasteiger partial charge in [0, 0.05) is 23.9 Å². The van der Waals surface area contributed by atoms with Gasteiger partial charge in [-0.25, -0.2) is 0 Å². The van der Waals surface area contributed by atoms with E-state index in [1.165, 1.54) is 31.4 Å². The molecule has 2 aromatic rings. The molecule has 6 nitrogen and oxygen atoms in total. The van der Waals surface area contributed by atoms with Gasteiger partial charge in [-0.15, -0.1) is 0 Å². The fourth-order valence-corrected chi connectivity index (χ4v) is 6.57. The molecule has 1 N–H and O–H groups in total. The van der Waals surface area contributed by atoms with E-state index in [1.54, 1.807) is 6.20 Å². The van der Waals surface area contributed by atoms with E-state index in [0.717, 1.165) is 62.9 Å². The van der Waals surface area contributed by atoms with E-state index in [0.29, 0.717) is 6.04 Å². The second kappa shape index (κ2) is 8.96. The van der Waals surface area contributed by atoms with Gasteiger partial charge in [-0.05, 0) is 70.0 Å². The minimum absolute atomic E-state index is 0.0432. The zero-order chi connectivity index (χ0) is 22.0. The summed E-state index contributed by atoms with van der Waals surface area (Å²) in [7, 11) is 0. The lowest BCUT2D eigenvalue weighted by Crippen LogP contribution is -2.47. The van der Waals surface area contributed by atoms with Gasteiger partial charge in [-0.3, -0.25) is 9.67 Å². The Bertz CT molecular complexity index is 958. The highest BCUT2D eigenvalue weighted by Crippen LogP contribution is 2.49. The maximum atomic E-state index is 9.64. The van der Waals surface area contributed by atoms with Crippen molar-refractivity contribution in [3.63, 3.8) is 0 Å². The van der Waals surface area contributed by atoms with Crippen LogP contribution >= 0.6 is 0 Å². The van der Waals surface area contributed by atoms with Crippen molar-refractivity contribution in [3.8, 4) is 6.07 Å². The molecule has 2 aromatic heterocycles. The molecule has 32 heavy (non-hydrogen) atoms. The Hall–Kier alpha value is -2.23. The molecule has 6 heteroatoms. The van der Waals surface area contributed by atoms with Crippen molar-refractivity contribution in [3.05, 3.63) is 47.5 Å². The number of fused-ring (bicyclic) bond motifs is 1. The van der Waals surface area contributed by atoms with Crippen LogP contribution < -0.4 is 5.32 Å². The van der Waals surface area contributed by atoms with E-state index < -0.39 is 0 Å². The zero-order valence-electron chi connectivity index (χ0n) is 19.2. The van der Waals surface area contributed by atoms with Gasteiger partial charge >= 0.3 is 0 Å². The lowest BCUT2D eigenvalue weighted by molar-refractivity contribution is -0.104. The molecule has 3 aliphatic rings. The fraction of sp³-hybridized carbons (Fsp3) is 0.654. The SMILES string of the molecule is CCC1CCC(NCC[C@@]2(c3ccccn3)CCOC3(CCCC3)C2)c2c(C#N)cnn21. The van der Waals surface area contributed by atoms with Gasteiger partial charge in [0.05, 0.1) is 35.1 Å². The molecule has 2 unspecified atom stereocenters. The molecule has 0 bridgehead atoms. The zero-order valence-corrected chi connectivity index (χ0v) is 19.2. The van der Waals surface area contributed by atoms with Crippen LogP contribution in [0.2, 0.25) is 0 Å². The van der Waals surface area contributed by atoms with E-state index >= 15 is 0 Å². The van der Waals surface area contributed by atoms with Crippen molar-refractivity contribution in [2.45, 2.75) is 94.2 Å². The predicted octanol–water partition coefficient (Wildman–Crippen LogP) is 4.98. The molecule has 2 fully saturated rings. The van der Waals surface area contributed by atoms with Gasteiger partial charge in [-0.1, -0.05) is 25.8 Å². The van der Waals surface area contributed by atoms with Crippen LogP contribution in [-0.2, 0) is 10.2 Å². The van der Waals surface area contributed by atoms with Crippen LogP contribution in [0.15, 0.2) is 30.6 Å². The highest BCUT2D eigenvalue weighted by Gasteiger charge is 2.48.